The molecule has 3 saturated heterocycles. The third kappa shape index (κ3) is 3.24. The lowest BCUT2D eigenvalue weighted by Gasteiger charge is -2.33. The minimum atomic E-state index is -0.298. The molecule has 3 aliphatic heterocycles. The van der Waals surface area contributed by atoms with Crippen molar-refractivity contribution >= 4 is 5.91 Å². The summed E-state index contributed by atoms with van der Waals surface area (Å²) < 4.78 is 16.5. The lowest BCUT2D eigenvalue weighted by molar-refractivity contribution is -0.130. The fourth-order valence-corrected chi connectivity index (χ4v) is 5.44. The highest BCUT2D eigenvalue weighted by atomic mass is 16.5. The molecule has 2 atom stereocenters. The summed E-state index contributed by atoms with van der Waals surface area (Å²) in [6, 6.07) is 0.525. The molecular weight excluding hydrogens is 386 g/mol. The van der Waals surface area contributed by atoms with E-state index in [-0.39, 0.29) is 17.2 Å². The second-order valence-corrected chi connectivity index (χ2v) is 9.03. The second kappa shape index (κ2) is 7.46. The van der Waals surface area contributed by atoms with Crippen LogP contribution in [0.15, 0.2) is 9.05 Å². The molecule has 2 aromatic heterocycles. The molecule has 2 aromatic rings. The lowest BCUT2D eigenvalue weighted by Crippen LogP contribution is -2.44. The molecule has 0 N–H and O–H groups in total. The topological polar surface area (TPSA) is 97.7 Å². The van der Waals surface area contributed by atoms with Gasteiger partial charge in [-0.3, -0.25) is 9.69 Å². The number of amides is 1. The Morgan fingerprint density at radius 1 is 1.10 bits per heavy atom. The summed E-state index contributed by atoms with van der Waals surface area (Å²) in [7, 11) is 0. The number of ether oxygens (including phenoxy) is 1. The Kier molecular flexibility index (Phi) is 4.89. The molecule has 0 spiro atoms. The maximum atomic E-state index is 13.2. The van der Waals surface area contributed by atoms with Crippen molar-refractivity contribution in [3.05, 3.63) is 28.7 Å². The van der Waals surface area contributed by atoms with Gasteiger partial charge in [0.1, 0.15) is 5.76 Å². The molecule has 0 saturated carbocycles. The van der Waals surface area contributed by atoms with Gasteiger partial charge in [0.2, 0.25) is 11.8 Å². The quantitative estimate of drug-likeness (QED) is 0.739. The largest absolute Gasteiger partial charge is 0.381 e. The van der Waals surface area contributed by atoms with Gasteiger partial charge >= 0.3 is 0 Å². The van der Waals surface area contributed by atoms with E-state index in [1.807, 2.05) is 25.7 Å². The number of aryl methyl sites for hydroxylation is 3. The Hall–Kier alpha value is -2.26. The highest BCUT2D eigenvalue weighted by Gasteiger charge is 2.58. The van der Waals surface area contributed by atoms with E-state index in [4.69, 9.17) is 13.8 Å². The highest BCUT2D eigenvalue weighted by molar-refractivity contribution is 5.80. The van der Waals surface area contributed by atoms with Crippen LogP contribution in [0.1, 0.15) is 41.6 Å². The van der Waals surface area contributed by atoms with Crippen LogP contribution in [0.25, 0.3) is 0 Å². The molecule has 0 aromatic carbocycles. The minimum Gasteiger partial charge on any atom is -0.381 e. The summed E-state index contributed by atoms with van der Waals surface area (Å²) in [4.78, 5) is 22.3. The van der Waals surface area contributed by atoms with Crippen molar-refractivity contribution in [2.75, 3.05) is 39.4 Å². The third-order valence-corrected chi connectivity index (χ3v) is 7.16. The average Bonchev–Trinajstić information content (AvgIpc) is 3.48. The fraction of sp³-hybridized carbons (Fsp3) is 0.714. The van der Waals surface area contributed by atoms with Crippen molar-refractivity contribution in [1.29, 1.82) is 0 Å². The number of likely N-dealkylation sites (tertiary alicyclic amines) is 2. The number of rotatable bonds is 4. The van der Waals surface area contributed by atoms with E-state index in [1.54, 1.807) is 0 Å². The summed E-state index contributed by atoms with van der Waals surface area (Å²) in [5, 5.41) is 8.04. The molecule has 1 amide bonds. The Bertz CT molecular complexity index is 914. The molecule has 0 bridgehead atoms. The average molecular weight is 415 g/mol. The van der Waals surface area contributed by atoms with Crippen molar-refractivity contribution in [1.82, 2.24) is 25.1 Å². The van der Waals surface area contributed by atoms with Crippen LogP contribution in [0, 0.1) is 26.7 Å². The molecular formula is C21H29N5O4. The highest BCUT2D eigenvalue weighted by Crippen LogP contribution is 2.45. The van der Waals surface area contributed by atoms with Gasteiger partial charge in [-0.2, -0.15) is 4.98 Å². The zero-order valence-electron chi connectivity index (χ0n) is 17.9. The molecule has 30 heavy (non-hydrogen) atoms. The zero-order chi connectivity index (χ0) is 20.9. The van der Waals surface area contributed by atoms with Crippen molar-refractivity contribution in [2.24, 2.45) is 5.92 Å². The van der Waals surface area contributed by atoms with Crippen molar-refractivity contribution in [3.63, 3.8) is 0 Å². The number of carbonyl (C=O) groups excluding carboxylic acids is 1. The van der Waals surface area contributed by atoms with E-state index in [0.29, 0.717) is 43.0 Å². The first-order valence-electron chi connectivity index (χ1n) is 10.8. The van der Waals surface area contributed by atoms with Crippen LogP contribution in [0.4, 0.5) is 0 Å². The molecule has 0 radical (unpaired) electrons. The Morgan fingerprint density at radius 2 is 1.90 bits per heavy atom. The van der Waals surface area contributed by atoms with Gasteiger partial charge in [0.25, 0.3) is 0 Å². The summed E-state index contributed by atoms with van der Waals surface area (Å²) in [5.74, 6) is 2.42. The number of hydrogen-bond donors (Lipinski definition) is 0. The van der Waals surface area contributed by atoms with E-state index in [9.17, 15) is 4.79 Å². The van der Waals surface area contributed by atoms with Crippen LogP contribution in [-0.2, 0) is 21.4 Å². The number of carbonyl (C=O) groups is 1. The Balaban J connectivity index is 1.38. The summed E-state index contributed by atoms with van der Waals surface area (Å²) in [6.45, 7) is 10.3. The molecule has 2 unspecified atom stereocenters. The summed E-state index contributed by atoms with van der Waals surface area (Å²) in [6.07, 6.45) is 2.43. The normalized spacial score (nSPS) is 27.7. The number of hydrogen-bond acceptors (Lipinski definition) is 8. The molecule has 162 valence electrons. The van der Waals surface area contributed by atoms with E-state index in [0.717, 1.165) is 50.4 Å². The zero-order valence-corrected chi connectivity index (χ0v) is 17.9. The van der Waals surface area contributed by atoms with Gasteiger partial charge in [0.05, 0.1) is 17.5 Å². The van der Waals surface area contributed by atoms with Gasteiger partial charge in [-0.1, -0.05) is 10.3 Å². The number of fused-ring (bicyclic) bond motifs is 1. The predicted molar refractivity (Wildman–Crippen MR) is 106 cm³/mol. The maximum Gasteiger partial charge on any atom is 0.236 e. The van der Waals surface area contributed by atoms with E-state index >= 15 is 0 Å². The van der Waals surface area contributed by atoms with E-state index in [2.05, 4.69) is 20.2 Å². The third-order valence-electron chi connectivity index (χ3n) is 7.16. The van der Waals surface area contributed by atoms with Crippen LogP contribution in [-0.4, -0.2) is 76.4 Å². The summed E-state index contributed by atoms with van der Waals surface area (Å²) in [5.41, 5.74) is 1.38. The smallest absolute Gasteiger partial charge is 0.236 e. The van der Waals surface area contributed by atoms with E-state index in [1.165, 1.54) is 0 Å². The molecule has 5 rings (SSSR count). The van der Waals surface area contributed by atoms with Gasteiger partial charge < -0.3 is 18.7 Å². The van der Waals surface area contributed by atoms with Crippen LogP contribution in [0.2, 0.25) is 0 Å². The standard InChI is InChI=1S/C21H29N5O4/c1-13-18(14(2)29-23-13)8-19(27)26-10-16-9-25(17-4-6-28-7-5-17)11-21(16,12-26)20-22-15(3)24-30-20/h16-17H,4-12H2,1-3H3. The SMILES string of the molecule is Cc1noc(C23CN(C(=O)Cc4c(C)noc4C)CC2CN(C2CCOCC2)C3)n1. The Labute approximate surface area is 175 Å². The molecule has 3 aliphatic rings. The minimum absolute atomic E-state index is 0.104. The Morgan fingerprint density at radius 3 is 2.57 bits per heavy atom. The van der Waals surface area contributed by atoms with Crippen molar-refractivity contribution in [3.8, 4) is 0 Å². The van der Waals surface area contributed by atoms with Gasteiger partial charge in [0, 0.05) is 56.9 Å². The fourth-order valence-electron chi connectivity index (χ4n) is 5.44. The summed E-state index contributed by atoms with van der Waals surface area (Å²) >= 11 is 0. The molecule has 3 fully saturated rings. The molecule has 9 heteroatoms. The van der Waals surface area contributed by atoms with Gasteiger partial charge in [-0.15, -0.1) is 0 Å². The second-order valence-electron chi connectivity index (χ2n) is 9.03. The monoisotopic (exact) mass is 415 g/mol. The molecule has 0 aliphatic carbocycles. The van der Waals surface area contributed by atoms with Crippen LogP contribution >= 0.6 is 0 Å². The maximum absolute atomic E-state index is 13.2. The predicted octanol–water partition coefficient (Wildman–Crippen LogP) is 1.42. The first kappa shape index (κ1) is 19.7. The lowest BCUT2D eigenvalue weighted by atomic mass is 9.81. The van der Waals surface area contributed by atoms with Crippen molar-refractivity contribution < 1.29 is 18.6 Å². The number of aromatic nitrogens is 3. The molecule has 5 heterocycles. The first-order chi connectivity index (χ1) is 14.5. The van der Waals surface area contributed by atoms with Crippen LogP contribution in [0.5, 0.6) is 0 Å². The first-order valence-corrected chi connectivity index (χ1v) is 10.8. The van der Waals surface area contributed by atoms with Crippen LogP contribution < -0.4 is 0 Å². The van der Waals surface area contributed by atoms with Crippen LogP contribution in [0.3, 0.4) is 0 Å². The van der Waals surface area contributed by atoms with E-state index < -0.39 is 0 Å². The molecule has 9 nitrogen and oxygen atoms in total. The van der Waals surface area contributed by atoms with Gasteiger partial charge in [-0.05, 0) is 33.6 Å². The van der Waals surface area contributed by atoms with Gasteiger partial charge in [0.15, 0.2) is 5.82 Å². The number of nitrogens with zero attached hydrogens (tertiary/aromatic N) is 5. The van der Waals surface area contributed by atoms with Crippen molar-refractivity contribution in [2.45, 2.75) is 51.5 Å². The van der Waals surface area contributed by atoms with Gasteiger partial charge in [-0.25, -0.2) is 0 Å².